The molecule has 2 heteroatoms. The lowest BCUT2D eigenvalue weighted by atomic mass is 10.0. The zero-order chi connectivity index (χ0) is 11.1. The van der Waals surface area contributed by atoms with E-state index in [1.807, 2.05) is 18.2 Å². The molecule has 2 nitrogen and oxygen atoms in total. The summed E-state index contributed by atoms with van der Waals surface area (Å²) in [6.45, 7) is 2.06. The molecule has 3 aromatic rings. The van der Waals surface area contributed by atoms with Crippen molar-refractivity contribution in [2.75, 3.05) is 5.73 Å². The topological polar surface area (TPSA) is 38.9 Å². The molecule has 0 fully saturated rings. The second-order valence-corrected chi connectivity index (χ2v) is 4.06. The standard InChI is InChI=1S/C14H12N2/c1-9-6-7-11-10-4-2-3-5-12(10)14(15)16-13(11)8-9/h2-8H,1H3,(H2,15,16). The predicted octanol–water partition coefficient (Wildman–Crippen LogP) is 3.28. The van der Waals surface area contributed by atoms with Crippen molar-refractivity contribution >= 4 is 27.5 Å². The van der Waals surface area contributed by atoms with E-state index >= 15 is 0 Å². The Morgan fingerprint density at radius 1 is 0.938 bits per heavy atom. The smallest absolute Gasteiger partial charge is 0.131 e. The normalized spacial score (nSPS) is 11.1. The minimum atomic E-state index is 0.605. The molecule has 1 heterocycles. The maximum Gasteiger partial charge on any atom is 0.131 e. The van der Waals surface area contributed by atoms with Crippen LogP contribution in [0.5, 0.6) is 0 Å². The van der Waals surface area contributed by atoms with Crippen LogP contribution in [-0.4, -0.2) is 4.98 Å². The number of nitrogens with two attached hydrogens (primary N) is 1. The molecule has 2 aromatic carbocycles. The van der Waals surface area contributed by atoms with E-state index in [1.165, 1.54) is 10.9 Å². The van der Waals surface area contributed by atoms with Crippen LogP contribution in [0.25, 0.3) is 21.7 Å². The van der Waals surface area contributed by atoms with Crippen molar-refractivity contribution in [3.63, 3.8) is 0 Å². The van der Waals surface area contributed by atoms with Crippen LogP contribution in [0.3, 0.4) is 0 Å². The number of rotatable bonds is 0. The Hall–Kier alpha value is -2.09. The Kier molecular flexibility index (Phi) is 1.83. The number of aromatic nitrogens is 1. The van der Waals surface area contributed by atoms with E-state index in [4.69, 9.17) is 5.73 Å². The molecule has 2 N–H and O–H groups in total. The largest absolute Gasteiger partial charge is 0.383 e. The summed E-state index contributed by atoms with van der Waals surface area (Å²) in [6.07, 6.45) is 0. The van der Waals surface area contributed by atoms with Crippen LogP contribution in [0.1, 0.15) is 5.56 Å². The van der Waals surface area contributed by atoms with Gasteiger partial charge in [-0.1, -0.05) is 36.4 Å². The van der Waals surface area contributed by atoms with Crippen LogP contribution < -0.4 is 5.73 Å². The third kappa shape index (κ3) is 1.23. The number of aryl methyl sites for hydroxylation is 1. The van der Waals surface area contributed by atoms with Gasteiger partial charge in [-0.25, -0.2) is 4.98 Å². The van der Waals surface area contributed by atoms with Gasteiger partial charge in [0.1, 0.15) is 5.82 Å². The number of hydrogen-bond donors (Lipinski definition) is 1. The molecular formula is C14H12N2. The van der Waals surface area contributed by atoms with Crippen LogP contribution in [0.2, 0.25) is 0 Å². The molecule has 16 heavy (non-hydrogen) atoms. The van der Waals surface area contributed by atoms with Gasteiger partial charge in [-0.3, -0.25) is 0 Å². The van der Waals surface area contributed by atoms with E-state index in [0.717, 1.165) is 16.3 Å². The van der Waals surface area contributed by atoms with Crippen LogP contribution in [0.4, 0.5) is 5.82 Å². The van der Waals surface area contributed by atoms with Crippen molar-refractivity contribution in [3.05, 3.63) is 48.0 Å². The first-order chi connectivity index (χ1) is 7.75. The Morgan fingerprint density at radius 3 is 2.50 bits per heavy atom. The average Bonchev–Trinajstić information content (AvgIpc) is 2.29. The Balaban J connectivity index is 2.59. The summed E-state index contributed by atoms with van der Waals surface area (Å²) in [5.41, 5.74) is 8.13. The van der Waals surface area contributed by atoms with E-state index in [-0.39, 0.29) is 0 Å². The molecule has 0 bridgehead atoms. The van der Waals surface area contributed by atoms with Gasteiger partial charge < -0.3 is 5.73 Å². The Morgan fingerprint density at radius 2 is 1.69 bits per heavy atom. The molecule has 0 aliphatic heterocycles. The maximum absolute atomic E-state index is 5.96. The zero-order valence-electron chi connectivity index (χ0n) is 9.07. The van der Waals surface area contributed by atoms with Crippen molar-refractivity contribution in [2.24, 2.45) is 0 Å². The SMILES string of the molecule is Cc1ccc2c(c1)nc(N)c1ccccc12. The molecule has 0 unspecified atom stereocenters. The highest BCUT2D eigenvalue weighted by atomic mass is 14.8. The average molecular weight is 208 g/mol. The van der Waals surface area contributed by atoms with Gasteiger partial charge in [0, 0.05) is 10.8 Å². The third-order valence-electron chi connectivity index (χ3n) is 2.89. The summed E-state index contributed by atoms with van der Waals surface area (Å²) in [4.78, 5) is 4.44. The molecule has 1 aromatic heterocycles. The Labute approximate surface area is 93.7 Å². The molecule has 0 atom stereocenters. The van der Waals surface area contributed by atoms with Gasteiger partial charge in [-0.2, -0.15) is 0 Å². The fraction of sp³-hybridized carbons (Fsp3) is 0.0714. The molecule has 0 radical (unpaired) electrons. The summed E-state index contributed by atoms with van der Waals surface area (Å²) < 4.78 is 0. The number of nitrogen functional groups attached to an aromatic ring is 1. The summed E-state index contributed by atoms with van der Waals surface area (Å²) in [7, 11) is 0. The van der Waals surface area contributed by atoms with E-state index in [9.17, 15) is 0 Å². The minimum Gasteiger partial charge on any atom is -0.383 e. The summed E-state index contributed by atoms with van der Waals surface area (Å²) in [5.74, 6) is 0.605. The van der Waals surface area contributed by atoms with Crippen molar-refractivity contribution in [1.29, 1.82) is 0 Å². The fourth-order valence-corrected chi connectivity index (χ4v) is 2.09. The van der Waals surface area contributed by atoms with Crippen molar-refractivity contribution < 1.29 is 0 Å². The number of anilines is 1. The number of hydrogen-bond acceptors (Lipinski definition) is 2. The predicted molar refractivity (Wildman–Crippen MR) is 68.4 cm³/mol. The van der Waals surface area contributed by atoms with Gasteiger partial charge in [-0.05, 0) is 23.9 Å². The molecule has 78 valence electrons. The fourth-order valence-electron chi connectivity index (χ4n) is 2.09. The lowest BCUT2D eigenvalue weighted by Crippen LogP contribution is -1.93. The lowest BCUT2D eigenvalue weighted by molar-refractivity contribution is 1.41. The van der Waals surface area contributed by atoms with Gasteiger partial charge >= 0.3 is 0 Å². The first kappa shape index (κ1) is 9.16. The van der Waals surface area contributed by atoms with Gasteiger partial charge in [0.05, 0.1) is 5.52 Å². The highest BCUT2D eigenvalue weighted by Gasteiger charge is 2.04. The highest BCUT2D eigenvalue weighted by Crippen LogP contribution is 2.27. The van der Waals surface area contributed by atoms with E-state index < -0.39 is 0 Å². The second kappa shape index (κ2) is 3.20. The highest BCUT2D eigenvalue weighted by molar-refractivity contribution is 6.09. The Bertz CT molecular complexity index is 687. The summed E-state index contributed by atoms with van der Waals surface area (Å²) in [5, 5.41) is 3.36. The van der Waals surface area contributed by atoms with E-state index in [0.29, 0.717) is 5.82 Å². The molecule has 0 saturated heterocycles. The zero-order valence-corrected chi connectivity index (χ0v) is 9.07. The minimum absolute atomic E-state index is 0.605. The first-order valence-electron chi connectivity index (χ1n) is 5.30. The van der Waals surface area contributed by atoms with Gasteiger partial charge in [0.15, 0.2) is 0 Å². The van der Waals surface area contributed by atoms with Crippen LogP contribution in [-0.2, 0) is 0 Å². The van der Waals surface area contributed by atoms with Gasteiger partial charge in [-0.15, -0.1) is 0 Å². The third-order valence-corrected chi connectivity index (χ3v) is 2.89. The molecule has 0 saturated carbocycles. The summed E-state index contributed by atoms with van der Waals surface area (Å²) in [6, 6.07) is 14.4. The van der Waals surface area contributed by atoms with Crippen molar-refractivity contribution in [1.82, 2.24) is 4.98 Å². The number of fused-ring (bicyclic) bond motifs is 3. The van der Waals surface area contributed by atoms with Crippen LogP contribution >= 0.6 is 0 Å². The molecule has 0 aliphatic carbocycles. The first-order valence-corrected chi connectivity index (χ1v) is 5.30. The monoisotopic (exact) mass is 208 g/mol. The van der Waals surface area contributed by atoms with E-state index in [2.05, 4.69) is 36.2 Å². The number of benzene rings is 2. The molecule has 0 amide bonds. The van der Waals surface area contributed by atoms with Gasteiger partial charge in [0.25, 0.3) is 0 Å². The van der Waals surface area contributed by atoms with Crippen LogP contribution in [0, 0.1) is 6.92 Å². The van der Waals surface area contributed by atoms with Crippen molar-refractivity contribution in [3.8, 4) is 0 Å². The maximum atomic E-state index is 5.96. The van der Waals surface area contributed by atoms with Crippen molar-refractivity contribution in [2.45, 2.75) is 6.92 Å². The second-order valence-electron chi connectivity index (χ2n) is 4.06. The molecule has 0 aliphatic rings. The molecule has 3 rings (SSSR count). The lowest BCUT2D eigenvalue weighted by Gasteiger charge is -2.06. The molecular weight excluding hydrogens is 196 g/mol. The van der Waals surface area contributed by atoms with Gasteiger partial charge in [0.2, 0.25) is 0 Å². The number of nitrogens with zero attached hydrogens (tertiary/aromatic N) is 1. The van der Waals surface area contributed by atoms with Crippen LogP contribution in [0.15, 0.2) is 42.5 Å². The molecule has 0 spiro atoms. The number of pyridine rings is 1. The van der Waals surface area contributed by atoms with E-state index in [1.54, 1.807) is 0 Å². The quantitative estimate of drug-likeness (QED) is 0.576. The summed E-state index contributed by atoms with van der Waals surface area (Å²) >= 11 is 0.